The lowest BCUT2D eigenvalue weighted by atomic mass is 10.3. The summed E-state index contributed by atoms with van der Waals surface area (Å²) in [6.45, 7) is 0. The highest BCUT2D eigenvalue weighted by Crippen LogP contribution is 2.35. The second-order valence-corrected chi connectivity index (χ2v) is 2.56. The lowest BCUT2D eigenvalue weighted by molar-refractivity contribution is 0.0688. The minimum absolute atomic E-state index is 0.0780. The van der Waals surface area contributed by atoms with Gasteiger partial charge in [-0.05, 0) is 0 Å². The Morgan fingerprint density at radius 3 is 2.33 bits per heavy atom. The monoisotopic (exact) mass is 213 g/mol. The molecule has 0 atom stereocenters. The van der Waals surface area contributed by atoms with Gasteiger partial charge in [-0.3, -0.25) is 0 Å². The highest BCUT2D eigenvalue weighted by molar-refractivity contribution is 5.86. The summed E-state index contributed by atoms with van der Waals surface area (Å²) < 4.78 is 14.8. The third-order valence-electron chi connectivity index (χ3n) is 1.74. The van der Waals surface area contributed by atoms with Gasteiger partial charge < -0.3 is 19.3 Å². The van der Waals surface area contributed by atoms with E-state index in [0.29, 0.717) is 0 Å². The molecular formula is C9H11NO5. The van der Waals surface area contributed by atoms with E-state index < -0.39 is 5.97 Å². The first-order valence-electron chi connectivity index (χ1n) is 4.04. The van der Waals surface area contributed by atoms with Crippen LogP contribution in [0.1, 0.15) is 10.5 Å². The fourth-order valence-corrected chi connectivity index (χ4v) is 1.07. The van der Waals surface area contributed by atoms with Gasteiger partial charge in [0, 0.05) is 6.07 Å². The number of nitrogens with zero attached hydrogens (tertiary/aromatic N) is 1. The van der Waals surface area contributed by atoms with E-state index in [1.165, 1.54) is 27.4 Å². The van der Waals surface area contributed by atoms with Crippen LogP contribution in [-0.2, 0) is 0 Å². The summed E-state index contributed by atoms with van der Waals surface area (Å²) >= 11 is 0. The van der Waals surface area contributed by atoms with Gasteiger partial charge in [-0.1, -0.05) is 0 Å². The lowest BCUT2D eigenvalue weighted by Crippen LogP contribution is -2.05. The van der Waals surface area contributed by atoms with E-state index in [2.05, 4.69) is 4.98 Å². The predicted molar refractivity (Wildman–Crippen MR) is 50.9 cm³/mol. The molecule has 0 fully saturated rings. The Bertz CT molecular complexity index is 352. The molecule has 0 aliphatic carbocycles. The molecule has 82 valence electrons. The summed E-state index contributed by atoms with van der Waals surface area (Å²) in [4.78, 5) is 14.5. The Morgan fingerprint density at radius 1 is 1.27 bits per heavy atom. The average Bonchev–Trinajstić information content (AvgIpc) is 2.26. The zero-order valence-electron chi connectivity index (χ0n) is 8.60. The third kappa shape index (κ3) is 2.09. The van der Waals surface area contributed by atoms with Gasteiger partial charge in [-0.15, -0.1) is 0 Å². The van der Waals surface area contributed by atoms with Crippen LogP contribution in [0.3, 0.4) is 0 Å². The van der Waals surface area contributed by atoms with Crippen LogP contribution in [0.2, 0.25) is 0 Å². The third-order valence-corrected chi connectivity index (χ3v) is 1.74. The molecule has 0 amide bonds. The molecule has 1 heterocycles. The zero-order valence-corrected chi connectivity index (χ0v) is 8.60. The molecular weight excluding hydrogens is 202 g/mol. The molecule has 1 N–H and O–H groups in total. The Kier molecular flexibility index (Phi) is 3.33. The maximum atomic E-state index is 10.7. The molecule has 0 spiro atoms. The van der Waals surface area contributed by atoms with E-state index in [4.69, 9.17) is 19.3 Å². The zero-order chi connectivity index (χ0) is 11.4. The van der Waals surface area contributed by atoms with Crippen molar-refractivity contribution in [3.05, 3.63) is 11.8 Å². The quantitative estimate of drug-likeness (QED) is 0.797. The molecule has 0 aromatic carbocycles. The summed E-state index contributed by atoms with van der Waals surface area (Å²) in [7, 11) is 4.20. The molecule has 1 rings (SSSR count). The number of hydrogen-bond donors (Lipinski definition) is 1. The number of ether oxygens (including phenoxy) is 3. The standard InChI is InChI=1S/C9H11NO5/c1-13-6-4-5(9(11)12)10-8(15-3)7(6)14-2/h4H,1-3H3,(H,11,12). The second-order valence-electron chi connectivity index (χ2n) is 2.56. The Hall–Kier alpha value is -1.98. The summed E-state index contributed by atoms with van der Waals surface area (Å²) in [5.74, 6) is -0.546. The Labute approximate surface area is 86.4 Å². The minimum atomic E-state index is -1.16. The number of carboxylic acid groups (broad SMARTS) is 1. The molecule has 0 saturated carbocycles. The van der Waals surface area contributed by atoms with Gasteiger partial charge in [0.05, 0.1) is 21.3 Å². The Morgan fingerprint density at radius 2 is 1.93 bits per heavy atom. The first-order chi connectivity index (χ1) is 7.13. The number of hydrogen-bond acceptors (Lipinski definition) is 5. The van der Waals surface area contributed by atoms with E-state index in [0.717, 1.165) is 0 Å². The molecule has 0 bridgehead atoms. The van der Waals surface area contributed by atoms with E-state index in [-0.39, 0.29) is 23.1 Å². The van der Waals surface area contributed by atoms with Crippen molar-refractivity contribution in [1.29, 1.82) is 0 Å². The van der Waals surface area contributed by atoms with Crippen molar-refractivity contribution in [2.75, 3.05) is 21.3 Å². The summed E-state index contributed by atoms with van der Waals surface area (Å²) in [6, 6.07) is 1.27. The molecule has 6 heteroatoms. The lowest BCUT2D eigenvalue weighted by Gasteiger charge is -2.11. The number of aromatic nitrogens is 1. The first-order valence-corrected chi connectivity index (χ1v) is 4.04. The molecule has 0 saturated heterocycles. The van der Waals surface area contributed by atoms with Crippen molar-refractivity contribution in [3.63, 3.8) is 0 Å². The minimum Gasteiger partial charge on any atom is -0.493 e. The average molecular weight is 213 g/mol. The van der Waals surface area contributed by atoms with Crippen molar-refractivity contribution in [2.45, 2.75) is 0 Å². The molecule has 6 nitrogen and oxygen atoms in total. The van der Waals surface area contributed by atoms with Crippen molar-refractivity contribution in [1.82, 2.24) is 4.98 Å². The van der Waals surface area contributed by atoms with Crippen LogP contribution >= 0.6 is 0 Å². The van der Waals surface area contributed by atoms with Gasteiger partial charge in [-0.2, -0.15) is 0 Å². The molecule has 1 aromatic rings. The first kappa shape index (κ1) is 11.1. The number of carbonyl (C=O) groups is 1. The van der Waals surface area contributed by atoms with E-state index in [9.17, 15) is 4.79 Å². The molecule has 0 radical (unpaired) electrons. The van der Waals surface area contributed by atoms with Crippen LogP contribution in [0.4, 0.5) is 0 Å². The number of carboxylic acids is 1. The largest absolute Gasteiger partial charge is 0.493 e. The second kappa shape index (κ2) is 4.50. The summed E-state index contributed by atoms with van der Waals surface area (Å²) in [5, 5.41) is 8.77. The number of rotatable bonds is 4. The highest BCUT2D eigenvalue weighted by Gasteiger charge is 2.17. The number of methoxy groups -OCH3 is 3. The topological polar surface area (TPSA) is 77.9 Å². The SMILES string of the molecule is COc1cc(C(=O)O)nc(OC)c1OC. The molecule has 1 aromatic heterocycles. The summed E-state index contributed by atoms with van der Waals surface area (Å²) in [6.07, 6.45) is 0. The normalized spacial score (nSPS) is 9.53. The van der Waals surface area contributed by atoms with E-state index in [1.807, 2.05) is 0 Å². The summed E-state index contributed by atoms with van der Waals surface area (Å²) in [5.41, 5.74) is -0.162. The van der Waals surface area contributed by atoms with Gasteiger partial charge in [0.25, 0.3) is 5.88 Å². The molecule has 0 aliphatic rings. The van der Waals surface area contributed by atoms with Gasteiger partial charge in [0.15, 0.2) is 11.4 Å². The number of aromatic carboxylic acids is 1. The predicted octanol–water partition coefficient (Wildman–Crippen LogP) is 0.806. The van der Waals surface area contributed by atoms with Crippen molar-refractivity contribution in [3.8, 4) is 17.4 Å². The van der Waals surface area contributed by atoms with Gasteiger partial charge >= 0.3 is 5.97 Å². The van der Waals surface area contributed by atoms with Crippen molar-refractivity contribution >= 4 is 5.97 Å². The van der Waals surface area contributed by atoms with Crippen LogP contribution in [0.5, 0.6) is 17.4 Å². The fraction of sp³-hybridized carbons (Fsp3) is 0.333. The van der Waals surface area contributed by atoms with Gasteiger partial charge in [0.2, 0.25) is 5.75 Å². The van der Waals surface area contributed by atoms with Crippen LogP contribution in [0.25, 0.3) is 0 Å². The van der Waals surface area contributed by atoms with Crippen LogP contribution in [0.15, 0.2) is 6.07 Å². The smallest absolute Gasteiger partial charge is 0.354 e. The maximum Gasteiger partial charge on any atom is 0.354 e. The molecule has 0 unspecified atom stereocenters. The van der Waals surface area contributed by atoms with Crippen LogP contribution in [-0.4, -0.2) is 37.4 Å². The Balaban J connectivity index is 3.35. The van der Waals surface area contributed by atoms with E-state index in [1.54, 1.807) is 0 Å². The molecule has 15 heavy (non-hydrogen) atoms. The maximum absolute atomic E-state index is 10.7. The highest BCUT2D eigenvalue weighted by atomic mass is 16.5. The van der Waals surface area contributed by atoms with Crippen molar-refractivity contribution in [2.24, 2.45) is 0 Å². The van der Waals surface area contributed by atoms with Gasteiger partial charge in [-0.25, -0.2) is 9.78 Å². The molecule has 0 aliphatic heterocycles. The number of pyridine rings is 1. The van der Waals surface area contributed by atoms with Crippen LogP contribution < -0.4 is 14.2 Å². The van der Waals surface area contributed by atoms with Crippen LogP contribution in [0, 0.1) is 0 Å². The fourth-order valence-electron chi connectivity index (χ4n) is 1.07. The van der Waals surface area contributed by atoms with Gasteiger partial charge in [0.1, 0.15) is 0 Å². The van der Waals surface area contributed by atoms with Crippen molar-refractivity contribution < 1.29 is 24.1 Å². The van der Waals surface area contributed by atoms with E-state index >= 15 is 0 Å².